The zero-order chi connectivity index (χ0) is 8.85. The summed E-state index contributed by atoms with van der Waals surface area (Å²) in [6.07, 6.45) is 1.32. The number of carboxylic acids is 1. The number of ketones is 1. The molecule has 0 aliphatic rings. The number of nitrogens with one attached hydrogen (secondary N) is 1. The van der Waals surface area contributed by atoms with E-state index in [1.165, 1.54) is 13.0 Å². The first-order valence-electron chi connectivity index (χ1n) is 3.15. The molecular weight excluding hydrogens is 185 g/mol. The van der Waals surface area contributed by atoms with Crippen molar-refractivity contribution in [2.24, 2.45) is 0 Å². The van der Waals surface area contributed by atoms with Crippen molar-refractivity contribution in [3.8, 4) is 0 Å². The van der Waals surface area contributed by atoms with E-state index in [0.29, 0.717) is 5.70 Å². The van der Waals surface area contributed by atoms with Gasteiger partial charge < -0.3 is 15.2 Å². The molecule has 4 nitrogen and oxygen atoms in total. The zero-order valence-corrected chi connectivity index (χ0v) is 10.6. The SMILES string of the molecule is CC(=O)/C=C(\C)NCC(=O)[O-].[K+]. The second kappa shape index (κ2) is 7.94. The Hall–Kier alpha value is 0.316. The van der Waals surface area contributed by atoms with E-state index >= 15 is 0 Å². The summed E-state index contributed by atoms with van der Waals surface area (Å²) in [5.74, 6) is -1.31. The van der Waals surface area contributed by atoms with Crippen molar-refractivity contribution >= 4 is 11.8 Å². The van der Waals surface area contributed by atoms with Crippen molar-refractivity contribution in [3.63, 3.8) is 0 Å². The van der Waals surface area contributed by atoms with Crippen molar-refractivity contribution < 1.29 is 66.1 Å². The monoisotopic (exact) mass is 195 g/mol. The molecule has 0 bridgehead atoms. The summed E-state index contributed by atoms with van der Waals surface area (Å²) in [6, 6.07) is 0. The van der Waals surface area contributed by atoms with Crippen molar-refractivity contribution in [1.82, 2.24) is 5.32 Å². The second-order valence-corrected chi connectivity index (χ2v) is 2.16. The third-order valence-corrected chi connectivity index (χ3v) is 0.931. The number of carbonyl (C=O) groups is 2. The standard InChI is InChI=1S/C7H11NO3.K/c1-5(3-6(2)9)8-4-7(10)11;/h3,8H,4H2,1-2H3,(H,10,11);/q;+1/p-1/b5-3+;. The fourth-order valence-corrected chi connectivity index (χ4v) is 0.568. The van der Waals surface area contributed by atoms with Gasteiger partial charge in [-0.25, -0.2) is 0 Å². The average Bonchev–Trinajstić information content (AvgIpc) is 1.82. The largest absolute Gasteiger partial charge is 1.00 e. The molecule has 0 unspecified atom stereocenters. The molecule has 0 aromatic rings. The van der Waals surface area contributed by atoms with E-state index in [1.807, 2.05) is 0 Å². The van der Waals surface area contributed by atoms with Gasteiger partial charge in [-0.15, -0.1) is 0 Å². The van der Waals surface area contributed by atoms with Crippen LogP contribution in [-0.4, -0.2) is 18.3 Å². The van der Waals surface area contributed by atoms with Crippen LogP contribution in [0, 0.1) is 0 Å². The molecule has 62 valence electrons. The molecule has 0 heterocycles. The van der Waals surface area contributed by atoms with E-state index in [-0.39, 0.29) is 63.7 Å². The van der Waals surface area contributed by atoms with Gasteiger partial charge in [0.1, 0.15) is 0 Å². The molecule has 0 fully saturated rings. The summed E-state index contributed by atoms with van der Waals surface area (Å²) in [4.78, 5) is 20.3. The molecule has 12 heavy (non-hydrogen) atoms. The quantitative estimate of drug-likeness (QED) is 0.365. The minimum Gasteiger partial charge on any atom is -0.548 e. The second-order valence-electron chi connectivity index (χ2n) is 2.16. The molecule has 1 N–H and O–H groups in total. The third kappa shape index (κ3) is 10.3. The normalized spacial score (nSPS) is 10.0. The van der Waals surface area contributed by atoms with Gasteiger partial charge in [0, 0.05) is 5.70 Å². The van der Waals surface area contributed by atoms with Gasteiger partial charge in [-0.1, -0.05) is 0 Å². The maximum Gasteiger partial charge on any atom is 1.00 e. The molecule has 0 rings (SSSR count). The van der Waals surface area contributed by atoms with Crippen LogP contribution in [0.4, 0.5) is 0 Å². The van der Waals surface area contributed by atoms with Crippen LogP contribution in [0.2, 0.25) is 0 Å². The molecule has 5 heteroatoms. The van der Waals surface area contributed by atoms with Crippen LogP contribution >= 0.6 is 0 Å². The molecule has 0 aliphatic carbocycles. The Balaban J connectivity index is 0. The first-order chi connectivity index (χ1) is 5.02. The smallest absolute Gasteiger partial charge is 0.548 e. The Kier molecular flexibility index (Phi) is 9.81. The maximum absolute atomic E-state index is 10.4. The molecule has 0 saturated heterocycles. The number of carboxylic acid groups (broad SMARTS) is 1. The van der Waals surface area contributed by atoms with Crippen LogP contribution in [0.5, 0.6) is 0 Å². The molecular formula is C7H10KNO3. The van der Waals surface area contributed by atoms with E-state index in [4.69, 9.17) is 0 Å². The summed E-state index contributed by atoms with van der Waals surface area (Å²) in [5.41, 5.74) is 0.529. The minimum absolute atomic E-state index is 0. The van der Waals surface area contributed by atoms with Crippen LogP contribution in [0.1, 0.15) is 13.8 Å². The fraction of sp³-hybridized carbons (Fsp3) is 0.429. The van der Waals surface area contributed by atoms with Gasteiger partial charge in [0.05, 0.1) is 12.5 Å². The molecule has 0 amide bonds. The van der Waals surface area contributed by atoms with Crippen molar-refractivity contribution in [1.29, 1.82) is 0 Å². The van der Waals surface area contributed by atoms with Gasteiger partial charge in [-0.2, -0.15) is 0 Å². The van der Waals surface area contributed by atoms with E-state index in [9.17, 15) is 14.7 Å². The van der Waals surface area contributed by atoms with Gasteiger partial charge >= 0.3 is 51.4 Å². The van der Waals surface area contributed by atoms with Crippen molar-refractivity contribution in [2.45, 2.75) is 13.8 Å². The number of hydrogen-bond acceptors (Lipinski definition) is 4. The minimum atomic E-state index is -1.19. The third-order valence-electron chi connectivity index (χ3n) is 0.931. The molecule has 0 aliphatic heterocycles. The Labute approximate surface area is 114 Å². The van der Waals surface area contributed by atoms with Crippen LogP contribution in [0.25, 0.3) is 0 Å². The van der Waals surface area contributed by atoms with Crippen LogP contribution in [-0.2, 0) is 9.59 Å². The van der Waals surface area contributed by atoms with Gasteiger partial charge in [0.25, 0.3) is 0 Å². The van der Waals surface area contributed by atoms with Crippen molar-refractivity contribution in [2.75, 3.05) is 6.54 Å². The Morgan fingerprint density at radius 2 is 1.92 bits per heavy atom. The molecule has 0 radical (unpaired) electrons. The average molecular weight is 195 g/mol. The fourth-order valence-electron chi connectivity index (χ4n) is 0.568. The van der Waals surface area contributed by atoms with Gasteiger partial charge in [0.2, 0.25) is 0 Å². The predicted molar refractivity (Wildman–Crippen MR) is 37.4 cm³/mol. The Morgan fingerprint density at radius 3 is 2.25 bits per heavy atom. The zero-order valence-electron chi connectivity index (χ0n) is 7.51. The van der Waals surface area contributed by atoms with E-state index in [0.717, 1.165) is 0 Å². The summed E-state index contributed by atoms with van der Waals surface area (Å²) in [6.45, 7) is 2.74. The molecule has 0 spiro atoms. The van der Waals surface area contributed by atoms with Crippen LogP contribution < -0.4 is 61.8 Å². The number of aliphatic carboxylic acids is 1. The number of allylic oxidation sites excluding steroid dienone is 2. The van der Waals surface area contributed by atoms with E-state index < -0.39 is 5.97 Å². The van der Waals surface area contributed by atoms with Gasteiger partial charge in [0.15, 0.2) is 5.78 Å². The van der Waals surface area contributed by atoms with Gasteiger partial charge in [-0.3, -0.25) is 4.79 Å². The molecule has 0 atom stereocenters. The van der Waals surface area contributed by atoms with Crippen LogP contribution in [0.3, 0.4) is 0 Å². The predicted octanol–water partition coefficient (Wildman–Crippen LogP) is -4.18. The van der Waals surface area contributed by atoms with E-state index in [2.05, 4.69) is 5.32 Å². The number of rotatable bonds is 4. The van der Waals surface area contributed by atoms with Gasteiger partial charge in [-0.05, 0) is 19.9 Å². The summed E-state index contributed by atoms with van der Waals surface area (Å²) < 4.78 is 0. The van der Waals surface area contributed by atoms with Crippen LogP contribution in [0.15, 0.2) is 11.8 Å². The first-order valence-corrected chi connectivity index (χ1v) is 3.15. The summed E-state index contributed by atoms with van der Waals surface area (Å²) in [7, 11) is 0. The first kappa shape index (κ1) is 14.8. The topological polar surface area (TPSA) is 69.2 Å². The number of carbonyl (C=O) groups excluding carboxylic acids is 2. The summed E-state index contributed by atoms with van der Waals surface area (Å²) >= 11 is 0. The molecule has 0 saturated carbocycles. The van der Waals surface area contributed by atoms with E-state index in [1.54, 1.807) is 6.92 Å². The van der Waals surface area contributed by atoms with Crippen molar-refractivity contribution in [3.05, 3.63) is 11.8 Å². The Morgan fingerprint density at radius 1 is 1.42 bits per heavy atom. The number of hydrogen-bond donors (Lipinski definition) is 1. The Bertz CT molecular complexity index is 201. The summed E-state index contributed by atoms with van der Waals surface area (Å²) in [5, 5.41) is 12.4. The molecule has 0 aromatic heterocycles. The molecule has 0 aromatic carbocycles. The maximum atomic E-state index is 10.4.